The minimum Gasteiger partial charge on any atom is -0.392 e. The largest absolute Gasteiger partial charge is 0.392 e. The molecule has 94 valence electrons. The van der Waals surface area contributed by atoms with Crippen LogP contribution in [-0.2, 0) is 6.42 Å². The summed E-state index contributed by atoms with van der Waals surface area (Å²) in [5, 5.41) is 10.4. The number of aryl methyl sites for hydroxylation is 1. The van der Waals surface area contributed by atoms with E-state index in [4.69, 9.17) is 0 Å². The molecule has 1 heteroatoms. The average Bonchev–Trinajstić information content (AvgIpc) is 2.37. The van der Waals surface area contributed by atoms with Crippen LogP contribution in [0.3, 0.4) is 0 Å². The van der Waals surface area contributed by atoms with Crippen LogP contribution in [0.25, 0.3) is 0 Å². The molecule has 0 saturated heterocycles. The zero-order valence-electron chi connectivity index (χ0n) is 11.0. The van der Waals surface area contributed by atoms with Crippen molar-refractivity contribution >= 4 is 0 Å². The number of benzene rings is 1. The summed E-state index contributed by atoms with van der Waals surface area (Å²) in [4.78, 5) is 0. The zero-order chi connectivity index (χ0) is 12.3. The van der Waals surface area contributed by atoms with Crippen molar-refractivity contribution in [2.75, 3.05) is 0 Å². The van der Waals surface area contributed by atoms with Crippen molar-refractivity contribution in [2.24, 2.45) is 5.92 Å². The molecule has 3 atom stereocenters. The summed E-state index contributed by atoms with van der Waals surface area (Å²) in [7, 11) is 0. The molecule has 0 radical (unpaired) electrons. The third-order valence-corrected chi connectivity index (χ3v) is 4.22. The number of aliphatic hydroxyl groups is 1. The Morgan fingerprint density at radius 1 is 1.35 bits per heavy atom. The van der Waals surface area contributed by atoms with Crippen molar-refractivity contribution in [1.29, 1.82) is 0 Å². The first-order chi connectivity index (χ1) is 8.22. The molecule has 1 aromatic rings. The first-order valence-electron chi connectivity index (χ1n) is 6.98. The van der Waals surface area contributed by atoms with Crippen molar-refractivity contribution in [1.82, 2.24) is 0 Å². The van der Waals surface area contributed by atoms with Crippen LogP contribution < -0.4 is 0 Å². The van der Waals surface area contributed by atoms with Gasteiger partial charge < -0.3 is 5.11 Å². The molecule has 2 rings (SSSR count). The van der Waals surface area contributed by atoms with E-state index in [1.165, 1.54) is 24.0 Å². The highest BCUT2D eigenvalue weighted by Crippen LogP contribution is 2.35. The van der Waals surface area contributed by atoms with Gasteiger partial charge in [0.1, 0.15) is 0 Å². The molecule has 0 aromatic heterocycles. The molecule has 1 nitrogen and oxygen atoms in total. The summed E-state index contributed by atoms with van der Waals surface area (Å²) >= 11 is 0. The highest BCUT2D eigenvalue weighted by atomic mass is 16.3. The Bertz CT molecular complexity index is 358. The predicted molar refractivity (Wildman–Crippen MR) is 72.2 cm³/mol. The van der Waals surface area contributed by atoms with Crippen molar-refractivity contribution in [3.05, 3.63) is 35.4 Å². The molecule has 1 aromatic carbocycles. The molecule has 3 unspecified atom stereocenters. The van der Waals surface area contributed by atoms with Gasteiger partial charge >= 0.3 is 0 Å². The van der Waals surface area contributed by atoms with E-state index in [2.05, 4.69) is 38.1 Å². The second-order valence-electron chi connectivity index (χ2n) is 5.51. The fourth-order valence-electron chi connectivity index (χ4n) is 2.93. The third-order valence-electron chi connectivity index (χ3n) is 4.22. The summed E-state index contributed by atoms with van der Waals surface area (Å²) < 4.78 is 0. The van der Waals surface area contributed by atoms with E-state index in [9.17, 15) is 5.11 Å². The van der Waals surface area contributed by atoms with Gasteiger partial charge in [-0.15, -0.1) is 0 Å². The average molecular weight is 232 g/mol. The smallest absolute Gasteiger partial charge is 0.0611 e. The Balaban J connectivity index is 2.12. The lowest BCUT2D eigenvalue weighted by atomic mass is 9.77. The third kappa shape index (κ3) is 2.90. The fraction of sp³-hybridized carbons (Fsp3) is 0.625. The number of hydrogen-bond donors (Lipinski definition) is 1. The standard InChI is InChI=1S/C16H24O/c1-3-12(2)11-16(17)15-10-6-8-13-7-4-5-9-14(13)15/h4-5,7,9,12,15-17H,3,6,8,10-11H2,1-2H3. The lowest BCUT2D eigenvalue weighted by molar-refractivity contribution is 0.108. The van der Waals surface area contributed by atoms with Crippen LogP contribution in [0.1, 0.15) is 56.6 Å². The summed E-state index contributed by atoms with van der Waals surface area (Å²) in [6, 6.07) is 8.64. The van der Waals surface area contributed by atoms with Crippen LogP contribution in [0.15, 0.2) is 24.3 Å². The molecular formula is C16H24O. The maximum Gasteiger partial charge on any atom is 0.0611 e. The summed E-state index contributed by atoms with van der Waals surface area (Å²) in [5.41, 5.74) is 2.85. The first-order valence-corrected chi connectivity index (χ1v) is 6.98. The first kappa shape index (κ1) is 12.6. The van der Waals surface area contributed by atoms with Crippen LogP contribution in [0, 0.1) is 5.92 Å². The maximum absolute atomic E-state index is 10.4. The van der Waals surface area contributed by atoms with E-state index in [-0.39, 0.29) is 6.10 Å². The molecule has 0 heterocycles. The van der Waals surface area contributed by atoms with Gasteiger partial charge in [-0.1, -0.05) is 44.5 Å². The quantitative estimate of drug-likeness (QED) is 0.834. The minimum atomic E-state index is -0.161. The summed E-state index contributed by atoms with van der Waals surface area (Å²) in [6.45, 7) is 4.43. The van der Waals surface area contributed by atoms with Gasteiger partial charge in [-0.05, 0) is 42.7 Å². The van der Waals surface area contributed by atoms with Crippen LogP contribution in [0.2, 0.25) is 0 Å². The van der Waals surface area contributed by atoms with E-state index in [0.29, 0.717) is 11.8 Å². The molecule has 0 spiro atoms. The monoisotopic (exact) mass is 232 g/mol. The van der Waals surface area contributed by atoms with Crippen LogP contribution >= 0.6 is 0 Å². The molecule has 0 bridgehead atoms. The Morgan fingerprint density at radius 2 is 2.12 bits per heavy atom. The SMILES string of the molecule is CCC(C)CC(O)C1CCCc2ccccc21. The van der Waals surface area contributed by atoms with Gasteiger partial charge in [-0.2, -0.15) is 0 Å². The van der Waals surface area contributed by atoms with E-state index >= 15 is 0 Å². The van der Waals surface area contributed by atoms with Gasteiger partial charge in [0, 0.05) is 5.92 Å². The summed E-state index contributed by atoms with van der Waals surface area (Å²) in [5.74, 6) is 0.994. The van der Waals surface area contributed by atoms with Gasteiger partial charge in [0.05, 0.1) is 6.10 Å². The predicted octanol–water partition coefficient (Wildman–Crippen LogP) is 3.90. The molecule has 1 aliphatic rings. The Morgan fingerprint density at radius 3 is 2.88 bits per heavy atom. The highest BCUT2D eigenvalue weighted by Gasteiger charge is 2.26. The second kappa shape index (κ2) is 5.68. The molecule has 17 heavy (non-hydrogen) atoms. The van der Waals surface area contributed by atoms with Gasteiger partial charge in [-0.25, -0.2) is 0 Å². The molecule has 1 aliphatic carbocycles. The van der Waals surface area contributed by atoms with Gasteiger partial charge in [0.15, 0.2) is 0 Å². The maximum atomic E-state index is 10.4. The second-order valence-corrected chi connectivity index (χ2v) is 5.51. The fourth-order valence-corrected chi connectivity index (χ4v) is 2.93. The minimum absolute atomic E-state index is 0.161. The van der Waals surface area contributed by atoms with Crippen LogP contribution in [-0.4, -0.2) is 11.2 Å². The van der Waals surface area contributed by atoms with Gasteiger partial charge in [0.25, 0.3) is 0 Å². The lowest BCUT2D eigenvalue weighted by Crippen LogP contribution is -2.24. The molecule has 0 aliphatic heterocycles. The number of aliphatic hydroxyl groups excluding tert-OH is 1. The van der Waals surface area contributed by atoms with E-state index in [0.717, 1.165) is 19.3 Å². The topological polar surface area (TPSA) is 20.2 Å². The van der Waals surface area contributed by atoms with Gasteiger partial charge in [-0.3, -0.25) is 0 Å². The lowest BCUT2D eigenvalue weighted by Gasteiger charge is -2.30. The van der Waals surface area contributed by atoms with Crippen molar-refractivity contribution in [3.63, 3.8) is 0 Å². The molecule has 0 amide bonds. The number of rotatable bonds is 4. The van der Waals surface area contributed by atoms with Crippen LogP contribution in [0.4, 0.5) is 0 Å². The van der Waals surface area contributed by atoms with Gasteiger partial charge in [0.2, 0.25) is 0 Å². The van der Waals surface area contributed by atoms with Crippen molar-refractivity contribution in [3.8, 4) is 0 Å². The molecular weight excluding hydrogens is 208 g/mol. The van der Waals surface area contributed by atoms with E-state index < -0.39 is 0 Å². The summed E-state index contributed by atoms with van der Waals surface area (Å²) in [6.07, 6.45) is 5.49. The number of fused-ring (bicyclic) bond motifs is 1. The zero-order valence-corrected chi connectivity index (χ0v) is 11.0. The molecule has 0 fully saturated rings. The number of hydrogen-bond acceptors (Lipinski definition) is 1. The highest BCUT2D eigenvalue weighted by molar-refractivity contribution is 5.33. The Labute approximate surface area is 105 Å². The van der Waals surface area contributed by atoms with Crippen molar-refractivity contribution < 1.29 is 5.11 Å². The molecule has 0 saturated carbocycles. The van der Waals surface area contributed by atoms with Crippen LogP contribution in [0.5, 0.6) is 0 Å². The Kier molecular flexibility index (Phi) is 4.22. The molecule has 1 N–H and O–H groups in total. The Hall–Kier alpha value is -0.820. The van der Waals surface area contributed by atoms with E-state index in [1.54, 1.807) is 0 Å². The van der Waals surface area contributed by atoms with Crippen molar-refractivity contribution in [2.45, 2.75) is 58.0 Å². The normalized spacial score (nSPS) is 22.9. The van der Waals surface area contributed by atoms with E-state index in [1.807, 2.05) is 0 Å².